The molecule has 0 bridgehead atoms. The molecule has 2 aliphatic rings. The molecule has 2 aromatic carbocycles. The van der Waals surface area contributed by atoms with Crippen LogP contribution in [0.15, 0.2) is 48.5 Å². The average Bonchev–Trinajstić information content (AvgIpc) is 3.53. The molecule has 2 aliphatic heterocycles. The highest BCUT2D eigenvalue weighted by Crippen LogP contribution is 2.35. The summed E-state index contributed by atoms with van der Waals surface area (Å²) in [5, 5.41) is 1.06. The summed E-state index contributed by atoms with van der Waals surface area (Å²) in [5.74, 6) is 0.428. The molecule has 6 nitrogen and oxygen atoms in total. The van der Waals surface area contributed by atoms with Gasteiger partial charge in [0.15, 0.2) is 0 Å². The van der Waals surface area contributed by atoms with Crippen LogP contribution in [0.4, 0.5) is 0 Å². The van der Waals surface area contributed by atoms with Crippen molar-refractivity contribution in [2.45, 2.75) is 57.4 Å². The van der Waals surface area contributed by atoms with Gasteiger partial charge in [-0.05, 0) is 95.4 Å². The van der Waals surface area contributed by atoms with Crippen molar-refractivity contribution in [1.82, 2.24) is 19.6 Å². The Balaban J connectivity index is 1.45. The van der Waals surface area contributed by atoms with Gasteiger partial charge in [0.2, 0.25) is 5.91 Å². The minimum Gasteiger partial charge on any atom is -0.342 e. The average molecular weight is 588 g/mol. The van der Waals surface area contributed by atoms with E-state index in [0.717, 1.165) is 70.6 Å². The molecule has 1 atom stereocenters. The van der Waals surface area contributed by atoms with Crippen molar-refractivity contribution in [1.29, 1.82) is 0 Å². The van der Waals surface area contributed by atoms with Crippen LogP contribution >= 0.6 is 23.2 Å². The smallest absolute Gasteiger partial charge is 0.253 e. The molecule has 2 amide bonds. The molecule has 0 N–H and O–H groups in total. The molecule has 2 fully saturated rings. The lowest BCUT2D eigenvalue weighted by molar-refractivity contribution is -0.147. The maximum atomic E-state index is 13.8. The summed E-state index contributed by atoms with van der Waals surface area (Å²) in [7, 11) is 1.87. The number of rotatable bonds is 11. The van der Waals surface area contributed by atoms with Crippen LogP contribution in [-0.4, -0.2) is 96.4 Å². The Labute approximate surface area is 250 Å². The maximum Gasteiger partial charge on any atom is 0.253 e. The molecule has 2 aromatic rings. The lowest BCUT2D eigenvalue weighted by atomic mass is 9.83. The summed E-state index contributed by atoms with van der Waals surface area (Å²) in [6, 6.07) is 15.2. The predicted octanol–water partition coefficient (Wildman–Crippen LogP) is 6.04. The number of benzene rings is 2. The van der Waals surface area contributed by atoms with E-state index < -0.39 is 0 Å². The molecule has 40 heavy (non-hydrogen) atoms. The molecule has 218 valence electrons. The topological polar surface area (TPSA) is 47.1 Å². The van der Waals surface area contributed by atoms with Gasteiger partial charge in [-0.25, -0.2) is 0 Å². The Morgan fingerprint density at radius 2 is 1.57 bits per heavy atom. The zero-order valence-corrected chi connectivity index (χ0v) is 25.8. The van der Waals surface area contributed by atoms with E-state index in [0.29, 0.717) is 28.1 Å². The highest BCUT2D eigenvalue weighted by Gasteiger charge is 2.48. The van der Waals surface area contributed by atoms with Crippen molar-refractivity contribution in [2.24, 2.45) is 0 Å². The van der Waals surface area contributed by atoms with Crippen LogP contribution in [0.25, 0.3) is 0 Å². The molecule has 4 rings (SSSR count). The summed E-state index contributed by atoms with van der Waals surface area (Å²) in [5.41, 5.74) is 1.40. The van der Waals surface area contributed by atoms with Crippen molar-refractivity contribution in [2.75, 3.05) is 59.4 Å². The Morgan fingerprint density at radius 1 is 0.925 bits per heavy atom. The molecule has 8 heteroatoms. The monoisotopic (exact) mass is 586 g/mol. The number of nitrogens with zero attached hydrogens (tertiary/aromatic N) is 4. The number of halogens is 2. The number of carbonyl (C=O) groups is 2. The summed E-state index contributed by atoms with van der Waals surface area (Å²) < 4.78 is 0. The van der Waals surface area contributed by atoms with Crippen LogP contribution in [0.1, 0.15) is 67.8 Å². The van der Waals surface area contributed by atoms with Gasteiger partial charge in [-0.2, -0.15) is 0 Å². The molecule has 0 spiro atoms. The molecule has 2 saturated heterocycles. The molecular weight excluding hydrogens is 543 g/mol. The van der Waals surface area contributed by atoms with Crippen molar-refractivity contribution in [3.05, 3.63) is 69.7 Å². The van der Waals surface area contributed by atoms with Crippen LogP contribution in [0.5, 0.6) is 0 Å². The fraction of sp³-hybridized carbons (Fsp3) is 0.562. The normalized spacial score (nSPS) is 18.4. The van der Waals surface area contributed by atoms with Crippen LogP contribution in [0, 0.1) is 0 Å². The van der Waals surface area contributed by atoms with Gasteiger partial charge in [0.05, 0.1) is 10.0 Å². The van der Waals surface area contributed by atoms with Gasteiger partial charge in [-0.15, -0.1) is 0 Å². The highest BCUT2D eigenvalue weighted by atomic mass is 35.5. The van der Waals surface area contributed by atoms with E-state index in [2.05, 4.69) is 23.6 Å². The van der Waals surface area contributed by atoms with Crippen LogP contribution in [-0.2, 0) is 4.79 Å². The largest absolute Gasteiger partial charge is 0.342 e. The van der Waals surface area contributed by atoms with Gasteiger partial charge < -0.3 is 14.7 Å². The zero-order valence-electron chi connectivity index (χ0n) is 24.2. The first kappa shape index (κ1) is 30.8. The van der Waals surface area contributed by atoms with E-state index >= 15 is 0 Å². The Morgan fingerprint density at radius 3 is 2.17 bits per heavy atom. The minimum absolute atomic E-state index is 0.00828. The van der Waals surface area contributed by atoms with Gasteiger partial charge in [-0.3, -0.25) is 14.5 Å². The van der Waals surface area contributed by atoms with Crippen LogP contribution in [0.2, 0.25) is 10.0 Å². The minimum atomic E-state index is -0.371. The van der Waals surface area contributed by atoms with E-state index in [9.17, 15) is 9.59 Å². The molecule has 0 radical (unpaired) electrons. The van der Waals surface area contributed by atoms with Gasteiger partial charge in [0.1, 0.15) is 5.54 Å². The maximum absolute atomic E-state index is 13.8. The van der Waals surface area contributed by atoms with Gasteiger partial charge >= 0.3 is 0 Å². The number of hydrogen-bond acceptors (Lipinski definition) is 4. The Bertz CT molecular complexity index is 1130. The van der Waals surface area contributed by atoms with E-state index in [1.165, 1.54) is 12.8 Å². The first-order chi connectivity index (χ1) is 19.3. The quantitative estimate of drug-likeness (QED) is 0.322. The van der Waals surface area contributed by atoms with Gasteiger partial charge in [-0.1, -0.05) is 47.5 Å². The van der Waals surface area contributed by atoms with Crippen molar-refractivity contribution in [3.63, 3.8) is 0 Å². The standard InChI is InChI=1S/C32H44Cl2N4O2/c1-4-37(5-2)31(40)32(38-18-9-10-19-38)16-21-36(22-17-32)20-15-27(26-13-14-28(33)29(34)23-26)24-35(3)30(39)25-11-7-6-8-12-25/h6-8,11-14,23,27H,4-5,9-10,15-22,24H2,1-3H3. The first-order valence-corrected chi connectivity index (χ1v) is 15.6. The summed E-state index contributed by atoms with van der Waals surface area (Å²) in [6.07, 6.45) is 4.97. The Hall–Kier alpha value is -2.12. The van der Waals surface area contributed by atoms with Gasteiger partial charge in [0.25, 0.3) is 5.91 Å². The third kappa shape index (κ3) is 7.02. The molecule has 0 aromatic heterocycles. The second kappa shape index (κ2) is 14.2. The van der Waals surface area contributed by atoms with Crippen molar-refractivity contribution in [3.8, 4) is 0 Å². The number of hydrogen-bond donors (Lipinski definition) is 0. The molecule has 0 saturated carbocycles. The number of likely N-dealkylation sites (N-methyl/N-ethyl adjacent to an activating group) is 2. The first-order valence-electron chi connectivity index (χ1n) is 14.8. The van der Waals surface area contributed by atoms with E-state index in [1.54, 1.807) is 4.90 Å². The molecule has 2 heterocycles. The van der Waals surface area contributed by atoms with Gasteiger partial charge in [0, 0.05) is 51.3 Å². The summed E-state index contributed by atoms with van der Waals surface area (Å²) in [6.45, 7) is 11.0. The third-order valence-corrected chi connectivity index (χ3v) is 9.65. The lowest BCUT2D eigenvalue weighted by Crippen LogP contribution is -2.63. The SMILES string of the molecule is CCN(CC)C(=O)C1(N2CCCC2)CCN(CCC(CN(C)C(=O)c2ccccc2)c2ccc(Cl)c(Cl)c2)CC1. The molecule has 0 aliphatic carbocycles. The second-order valence-electron chi connectivity index (χ2n) is 11.3. The lowest BCUT2D eigenvalue weighted by Gasteiger charge is -2.48. The van der Waals surface area contributed by atoms with E-state index in [1.807, 2.05) is 60.5 Å². The number of carbonyl (C=O) groups excluding carboxylic acids is 2. The number of amides is 2. The fourth-order valence-corrected chi connectivity index (χ4v) is 6.75. The van der Waals surface area contributed by atoms with E-state index in [4.69, 9.17) is 23.2 Å². The number of piperidine rings is 1. The number of likely N-dealkylation sites (tertiary alicyclic amines) is 2. The fourth-order valence-electron chi connectivity index (χ4n) is 6.44. The van der Waals surface area contributed by atoms with Crippen LogP contribution in [0.3, 0.4) is 0 Å². The van der Waals surface area contributed by atoms with Crippen molar-refractivity contribution >= 4 is 35.0 Å². The third-order valence-electron chi connectivity index (χ3n) is 8.91. The van der Waals surface area contributed by atoms with E-state index in [-0.39, 0.29) is 17.4 Å². The molecular formula is C32H44Cl2N4O2. The Kier molecular flexibility index (Phi) is 10.9. The van der Waals surface area contributed by atoms with Crippen molar-refractivity contribution < 1.29 is 9.59 Å². The molecule has 1 unspecified atom stereocenters. The summed E-state index contributed by atoms with van der Waals surface area (Å²) >= 11 is 12.6. The predicted molar refractivity (Wildman–Crippen MR) is 164 cm³/mol. The van der Waals surface area contributed by atoms with Crippen LogP contribution < -0.4 is 0 Å². The highest BCUT2D eigenvalue weighted by molar-refractivity contribution is 6.42. The summed E-state index contributed by atoms with van der Waals surface area (Å²) in [4.78, 5) is 35.7. The zero-order chi connectivity index (χ0) is 28.7. The second-order valence-corrected chi connectivity index (χ2v) is 12.1.